The van der Waals surface area contributed by atoms with Gasteiger partial charge in [-0.05, 0) is 39.9 Å². The molecule has 0 unspecified atom stereocenters. The van der Waals surface area contributed by atoms with Crippen LogP contribution >= 0.6 is 12.2 Å². The highest BCUT2D eigenvalue weighted by Gasteiger charge is 2.15. The molecule has 0 rings (SSSR count). The SMILES string of the molecule is CCN(CCC(=O)O)C(=S)NCCNC(=O)OC(C)(C)C. The summed E-state index contributed by atoms with van der Waals surface area (Å²) >= 11 is 5.17. The molecule has 7 nitrogen and oxygen atoms in total. The number of carbonyl (C=O) groups excluding carboxylic acids is 1. The van der Waals surface area contributed by atoms with E-state index in [4.69, 9.17) is 22.1 Å². The summed E-state index contributed by atoms with van der Waals surface area (Å²) in [5.41, 5.74) is -0.525. The molecular weight excluding hydrogens is 294 g/mol. The number of ether oxygens (including phenoxy) is 1. The predicted octanol–water partition coefficient (Wildman–Crippen LogP) is 1.18. The average Bonchev–Trinajstić information content (AvgIpc) is 2.32. The lowest BCUT2D eigenvalue weighted by Crippen LogP contribution is -2.44. The fourth-order valence-corrected chi connectivity index (χ4v) is 1.72. The molecule has 0 aromatic heterocycles. The molecule has 8 heteroatoms. The second kappa shape index (κ2) is 9.38. The van der Waals surface area contributed by atoms with Crippen molar-refractivity contribution in [2.45, 2.75) is 39.7 Å². The van der Waals surface area contributed by atoms with Gasteiger partial charge in [0.25, 0.3) is 0 Å². The smallest absolute Gasteiger partial charge is 0.407 e. The van der Waals surface area contributed by atoms with E-state index in [0.29, 0.717) is 31.3 Å². The monoisotopic (exact) mass is 319 g/mol. The Morgan fingerprint density at radius 1 is 1.24 bits per heavy atom. The number of hydrogen-bond donors (Lipinski definition) is 3. The highest BCUT2D eigenvalue weighted by atomic mass is 32.1. The largest absolute Gasteiger partial charge is 0.481 e. The maximum atomic E-state index is 11.4. The minimum atomic E-state index is -0.858. The summed E-state index contributed by atoms with van der Waals surface area (Å²) in [5, 5.41) is 14.7. The lowest BCUT2D eigenvalue weighted by atomic mass is 10.2. The van der Waals surface area contributed by atoms with E-state index in [1.54, 1.807) is 25.7 Å². The van der Waals surface area contributed by atoms with Crippen LogP contribution in [0.15, 0.2) is 0 Å². The van der Waals surface area contributed by atoms with Crippen LogP contribution in [0.25, 0.3) is 0 Å². The Morgan fingerprint density at radius 3 is 2.29 bits per heavy atom. The van der Waals surface area contributed by atoms with E-state index < -0.39 is 17.7 Å². The number of carbonyl (C=O) groups is 2. The van der Waals surface area contributed by atoms with Crippen molar-refractivity contribution in [3.05, 3.63) is 0 Å². The summed E-state index contributed by atoms with van der Waals surface area (Å²) in [4.78, 5) is 23.7. The molecule has 0 saturated carbocycles. The molecule has 0 aliphatic rings. The van der Waals surface area contributed by atoms with Crippen molar-refractivity contribution in [3.63, 3.8) is 0 Å². The van der Waals surface area contributed by atoms with Crippen molar-refractivity contribution in [1.82, 2.24) is 15.5 Å². The highest BCUT2D eigenvalue weighted by molar-refractivity contribution is 7.80. The van der Waals surface area contributed by atoms with Crippen molar-refractivity contribution in [2.75, 3.05) is 26.2 Å². The highest BCUT2D eigenvalue weighted by Crippen LogP contribution is 2.05. The Balaban J connectivity index is 3.91. The number of carboxylic acid groups (broad SMARTS) is 1. The van der Waals surface area contributed by atoms with Gasteiger partial charge in [0.05, 0.1) is 6.42 Å². The van der Waals surface area contributed by atoms with Gasteiger partial charge in [-0.15, -0.1) is 0 Å². The standard InChI is InChI=1S/C13H25N3O4S/c1-5-16(9-6-10(17)18)11(21)14-7-8-15-12(19)20-13(2,3)4/h5-9H2,1-4H3,(H,14,21)(H,15,19)(H,17,18). The number of thiocarbonyl (C=S) groups is 1. The normalized spacial score (nSPS) is 10.7. The van der Waals surface area contributed by atoms with Gasteiger partial charge in [-0.25, -0.2) is 4.79 Å². The summed E-state index contributed by atoms with van der Waals surface area (Å²) < 4.78 is 5.09. The number of aliphatic carboxylic acids is 1. The number of nitrogens with one attached hydrogen (secondary N) is 2. The maximum Gasteiger partial charge on any atom is 0.407 e. The molecule has 3 N–H and O–H groups in total. The number of rotatable bonds is 7. The minimum absolute atomic E-state index is 0.0336. The van der Waals surface area contributed by atoms with Gasteiger partial charge in [-0.2, -0.15) is 0 Å². The van der Waals surface area contributed by atoms with E-state index >= 15 is 0 Å². The number of alkyl carbamates (subject to hydrolysis) is 1. The molecule has 0 radical (unpaired) electrons. The van der Waals surface area contributed by atoms with E-state index in [1.807, 2.05) is 6.92 Å². The molecule has 122 valence electrons. The predicted molar refractivity (Wildman–Crippen MR) is 84.3 cm³/mol. The van der Waals surface area contributed by atoms with Crippen LogP contribution in [0.4, 0.5) is 4.79 Å². The number of carboxylic acids is 1. The Hall–Kier alpha value is -1.57. The van der Waals surface area contributed by atoms with Gasteiger partial charge in [0.1, 0.15) is 5.60 Å². The summed E-state index contributed by atoms with van der Waals surface area (Å²) in [7, 11) is 0. The molecule has 0 bridgehead atoms. The van der Waals surface area contributed by atoms with Gasteiger partial charge in [-0.1, -0.05) is 0 Å². The van der Waals surface area contributed by atoms with Crippen LogP contribution < -0.4 is 10.6 Å². The molecule has 0 spiro atoms. The number of amides is 1. The second-order valence-corrected chi connectivity index (χ2v) is 5.77. The first-order valence-electron chi connectivity index (χ1n) is 6.87. The minimum Gasteiger partial charge on any atom is -0.481 e. The topological polar surface area (TPSA) is 90.9 Å². The molecule has 1 amide bonds. The molecule has 0 saturated heterocycles. The van der Waals surface area contributed by atoms with Crippen molar-refractivity contribution in [2.24, 2.45) is 0 Å². The van der Waals surface area contributed by atoms with Crippen molar-refractivity contribution in [1.29, 1.82) is 0 Å². The second-order valence-electron chi connectivity index (χ2n) is 5.38. The van der Waals surface area contributed by atoms with Crippen molar-refractivity contribution in [3.8, 4) is 0 Å². The van der Waals surface area contributed by atoms with Gasteiger partial charge < -0.3 is 25.4 Å². The summed E-state index contributed by atoms with van der Waals surface area (Å²) in [5.74, 6) is -0.858. The summed E-state index contributed by atoms with van der Waals surface area (Å²) in [6, 6.07) is 0. The fraction of sp³-hybridized carbons (Fsp3) is 0.769. The molecule has 0 aromatic rings. The molecule has 0 aliphatic heterocycles. The van der Waals surface area contributed by atoms with Gasteiger partial charge in [0.15, 0.2) is 5.11 Å². The zero-order valence-corrected chi connectivity index (χ0v) is 13.9. The number of hydrogen-bond acceptors (Lipinski definition) is 4. The molecule has 21 heavy (non-hydrogen) atoms. The third-order valence-corrected chi connectivity index (χ3v) is 2.74. The van der Waals surface area contributed by atoms with Crippen LogP contribution in [0.1, 0.15) is 34.1 Å². The number of nitrogens with zero attached hydrogens (tertiary/aromatic N) is 1. The third kappa shape index (κ3) is 10.8. The summed E-state index contributed by atoms with van der Waals surface area (Å²) in [6.45, 7) is 9.07. The zero-order valence-electron chi connectivity index (χ0n) is 13.1. The van der Waals surface area contributed by atoms with Crippen LogP contribution in [0.5, 0.6) is 0 Å². The molecule has 0 heterocycles. The molecule has 0 atom stereocenters. The van der Waals surface area contributed by atoms with Gasteiger partial charge in [-0.3, -0.25) is 4.79 Å². The van der Waals surface area contributed by atoms with Gasteiger partial charge >= 0.3 is 12.1 Å². The van der Waals surface area contributed by atoms with Crippen molar-refractivity contribution < 1.29 is 19.4 Å². The first kappa shape index (κ1) is 19.4. The first-order valence-corrected chi connectivity index (χ1v) is 7.28. The Bertz CT molecular complexity index is 369. The molecule has 0 aromatic carbocycles. The van der Waals surface area contributed by atoms with E-state index in [9.17, 15) is 9.59 Å². The van der Waals surface area contributed by atoms with Crippen LogP contribution in [0, 0.1) is 0 Å². The van der Waals surface area contributed by atoms with Gasteiger partial charge in [0, 0.05) is 26.2 Å². The van der Waals surface area contributed by atoms with E-state index in [2.05, 4.69) is 10.6 Å². The summed E-state index contributed by atoms with van der Waals surface area (Å²) in [6.07, 6.45) is -0.445. The quantitative estimate of drug-likeness (QED) is 0.479. The first-order chi connectivity index (χ1) is 9.65. The Morgan fingerprint density at radius 2 is 1.81 bits per heavy atom. The van der Waals surface area contributed by atoms with E-state index in [1.165, 1.54) is 0 Å². The molecular formula is C13H25N3O4S. The Kier molecular flexibility index (Phi) is 8.68. The zero-order chi connectivity index (χ0) is 16.5. The van der Waals surface area contributed by atoms with Crippen LogP contribution in [0.2, 0.25) is 0 Å². The van der Waals surface area contributed by atoms with Crippen molar-refractivity contribution >= 4 is 29.4 Å². The van der Waals surface area contributed by atoms with Crippen LogP contribution in [-0.2, 0) is 9.53 Å². The lowest BCUT2D eigenvalue weighted by Gasteiger charge is -2.24. The maximum absolute atomic E-state index is 11.4. The van der Waals surface area contributed by atoms with Crippen LogP contribution in [0.3, 0.4) is 0 Å². The molecule has 0 aliphatic carbocycles. The fourth-order valence-electron chi connectivity index (χ4n) is 1.39. The Labute approximate surface area is 131 Å². The van der Waals surface area contributed by atoms with Crippen LogP contribution in [-0.4, -0.2) is 59.0 Å². The van der Waals surface area contributed by atoms with E-state index in [-0.39, 0.29) is 6.42 Å². The van der Waals surface area contributed by atoms with Gasteiger partial charge in [0.2, 0.25) is 0 Å². The van der Waals surface area contributed by atoms with E-state index in [0.717, 1.165) is 0 Å². The molecule has 0 fully saturated rings. The average molecular weight is 319 g/mol. The lowest BCUT2D eigenvalue weighted by molar-refractivity contribution is -0.137. The third-order valence-electron chi connectivity index (χ3n) is 2.33.